The molecular weight excluding hydrogens is 240 g/mol. The standard InChI is InChI=1S/C9H11F2NO3S/c10-7-4-8(11)6-9(5-7)15-2-1-3-16(12,13)14/h4-6H,1-3H2,(H2,12,13,14). The Labute approximate surface area is 92.1 Å². The fourth-order valence-corrected chi connectivity index (χ4v) is 1.58. The number of halogens is 2. The fourth-order valence-electron chi connectivity index (χ4n) is 1.06. The average Bonchev–Trinajstić information content (AvgIpc) is 2.09. The van der Waals surface area contributed by atoms with Crippen molar-refractivity contribution in [1.82, 2.24) is 0 Å². The second-order valence-corrected chi connectivity index (χ2v) is 4.91. The third kappa shape index (κ3) is 5.04. The van der Waals surface area contributed by atoms with Crippen molar-refractivity contribution in [3.05, 3.63) is 29.8 Å². The first-order chi connectivity index (χ1) is 7.37. The molecule has 16 heavy (non-hydrogen) atoms. The second-order valence-electron chi connectivity index (χ2n) is 3.17. The van der Waals surface area contributed by atoms with Gasteiger partial charge in [-0.1, -0.05) is 0 Å². The summed E-state index contributed by atoms with van der Waals surface area (Å²) in [7, 11) is -3.52. The number of ether oxygens (including phenoxy) is 1. The van der Waals surface area contributed by atoms with Crippen molar-refractivity contribution in [2.24, 2.45) is 5.14 Å². The highest BCUT2D eigenvalue weighted by Gasteiger charge is 2.04. The highest BCUT2D eigenvalue weighted by molar-refractivity contribution is 7.89. The minimum atomic E-state index is -3.52. The third-order valence-electron chi connectivity index (χ3n) is 1.68. The van der Waals surface area contributed by atoms with Gasteiger partial charge >= 0.3 is 0 Å². The molecule has 90 valence electrons. The van der Waals surface area contributed by atoms with Crippen molar-refractivity contribution in [3.63, 3.8) is 0 Å². The monoisotopic (exact) mass is 251 g/mol. The summed E-state index contributed by atoms with van der Waals surface area (Å²) in [4.78, 5) is 0. The minimum absolute atomic E-state index is 0.0203. The first kappa shape index (κ1) is 12.9. The van der Waals surface area contributed by atoms with Crippen molar-refractivity contribution >= 4 is 10.0 Å². The lowest BCUT2D eigenvalue weighted by Gasteiger charge is -2.05. The van der Waals surface area contributed by atoms with Crippen LogP contribution in [0.2, 0.25) is 0 Å². The molecular formula is C9H11F2NO3S. The number of nitrogens with two attached hydrogens (primary N) is 1. The van der Waals surface area contributed by atoms with Gasteiger partial charge in [-0.3, -0.25) is 0 Å². The Balaban J connectivity index is 2.43. The van der Waals surface area contributed by atoms with E-state index in [1.165, 1.54) is 0 Å². The number of hydrogen-bond donors (Lipinski definition) is 1. The fraction of sp³-hybridized carbons (Fsp3) is 0.333. The number of benzene rings is 1. The van der Waals surface area contributed by atoms with E-state index in [9.17, 15) is 17.2 Å². The molecule has 0 bridgehead atoms. The van der Waals surface area contributed by atoms with Gasteiger partial charge in [-0.15, -0.1) is 0 Å². The number of hydrogen-bond acceptors (Lipinski definition) is 3. The molecule has 0 aromatic heterocycles. The Kier molecular flexibility index (Phi) is 4.19. The van der Waals surface area contributed by atoms with Crippen LogP contribution in [-0.4, -0.2) is 20.8 Å². The lowest BCUT2D eigenvalue weighted by atomic mass is 10.3. The molecule has 1 aromatic carbocycles. The van der Waals surface area contributed by atoms with Crippen LogP contribution < -0.4 is 9.88 Å². The number of rotatable bonds is 5. The lowest BCUT2D eigenvalue weighted by Crippen LogP contribution is -2.18. The van der Waals surface area contributed by atoms with E-state index in [0.29, 0.717) is 0 Å². The molecule has 1 rings (SSSR count). The van der Waals surface area contributed by atoms with Crippen LogP contribution in [0.1, 0.15) is 6.42 Å². The summed E-state index contributed by atoms with van der Waals surface area (Å²) in [5, 5.41) is 4.76. The second kappa shape index (κ2) is 5.22. The Morgan fingerprint density at radius 1 is 1.19 bits per heavy atom. The number of primary sulfonamides is 1. The molecule has 0 spiro atoms. The van der Waals surface area contributed by atoms with Crippen LogP contribution in [-0.2, 0) is 10.0 Å². The molecule has 0 fully saturated rings. The third-order valence-corrected chi connectivity index (χ3v) is 2.54. The molecule has 0 unspecified atom stereocenters. The SMILES string of the molecule is NS(=O)(=O)CCCOc1cc(F)cc(F)c1. The predicted octanol–water partition coefficient (Wildman–Crippen LogP) is 1.02. The first-order valence-corrected chi connectivity index (χ1v) is 6.18. The highest BCUT2D eigenvalue weighted by Crippen LogP contribution is 2.15. The normalized spacial score (nSPS) is 11.4. The first-order valence-electron chi connectivity index (χ1n) is 4.46. The molecule has 0 aliphatic carbocycles. The maximum atomic E-state index is 12.7. The Bertz CT molecular complexity index is 442. The van der Waals surface area contributed by atoms with Gasteiger partial charge in [0.1, 0.15) is 17.4 Å². The quantitative estimate of drug-likeness (QED) is 0.794. The van der Waals surface area contributed by atoms with E-state index in [-0.39, 0.29) is 24.5 Å². The van der Waals surface area contributed by atoms with E-state index in [2.05, 4.69) is 0 Å². The van der Waals surface area contributed by atoms with E-state index in [1.807, 2.05) is 0 Å². The zero-order valence-corrected chi connectivity index (χ0v) is 9.14. The predicted molar refractivity (Wildman–Crippen MR) is 54.4 cm³/mol. The molecule has 0 atom stereocenters. The van der Waals surface area contributed by atoms with E-state index < -0.39 is 21.7 Å². The van der Waals surface area contributed by atoms with Gasteiger partial charge in [0, 0.05) is 18.2 Å². The van der Waals surface area contributed by atoms with Gasteiger partial charge in [-0.05, 0) is 6.42 Å². The van der Waals surface area contributed by atoms with Gasteiger partial charge in [-0.25, -0.2) is 22.3 Å². The highest BCUT2D eigenvalue weighted by atomic mass is 32.2. The summed E-state index contributed by atoms with van der Waals surface area (Å²) in [5.74, 6) is -1.71. The molecule has 0 aliphatic rings. The Hall–Kier alpha value is -1.21. The van der Waals surface area contributed by atoms with E-state index >= 15 is 0 Å². The molecule has 0 saturated heterocycles. The van der Waals surface area contributed by atoms with Crippen molar-refractivity contribution in [1.29, 1.82) is 0 Å². The Morgan fingerprint density at radius 2 is 1.75 bits per heavy atom. The van der Waals surface area contributed by atoms with Gasteiger partial charge in [0.25, 0.3) is 0 Å². The van der Waals surface area contributed by atoms with Crippen LogP contribution in [0.15, 0.2) is 18.2 Å². The maximum absolute atomic E-state index is 12.7. The molecule has 0 amide bonds. The van der Waals surface area contributed by atoms with Crippen LogP contribution in [0.5, 0.6) is 5.75 Å². The average molecular weight is 251 g/mol. The molecule has 0 radical (unpaired) electrons. The summed E-state index contributed by atoms with van der Waals surface area (Å²) in [6, 6.07) is 2.75. The van der Waals surface area contributed by atoms with Gasteiger partial charge in [0.05, 0.1) is 12.4 Å². The van der Waals surface area contributed by atoms with Crippen LogP contribution in [0.3, 0.4) is 0 Å². The summed E-state index contributed by atoms with van der Waals surface area (Å²) in [5.41, 5.74) is 0. The van der Waals surface area contributed by atoms with Crippen molar-refractivity contribution < 1.29 is 21.9 Å². The Morgan fingerprint density at radius 3 is 2.25 bits per heavy atom. The zero-order chi connectivity index (χ0) is 12.2. The van der Waals surface area contributed by atoms with Gasteiger partial charge < -0.3 is 4.74 Å². The van der Waals surface area contributed by atoms with Crippen LogP contribution in [0, 0.1) is 11.6 Å². The number of sulfonamides is 1. The molecule has 0 aliphatic heterocycles. The summed E-state index contributed by atoms with van der Waals surface area (Å²) in [6.07, 6.45) is 0.164. The van der Waals surface area contributed by atoms with Crippen LogP contribution in [0.4, 0.5) is 8.78 Å². The molecule has 4 nitrogen and oxygen atoms in total. The topological polar surface area (TPSA) is 69.4 Å². The maximum Gasteiger partial charge on any atom is 0.209 e. The van der Waals surface area contributed by atoms with Gasteiger partial charge in [-0.2, -0.15) is 0 Å². The van der Waals surface area contributed by atoms with Gasteiger partial charge in [0.2, 0.25) is 10.0 Å². The van der Waals surface area contributed by atoms with E-state index in [4.69, 9.17) is 9.88 Å². The smallest absolute Gasteiger partial charge is 0.209 e. The molecule has 0 heterocycles. The zero-order valence-electron chi connectivity index (χ0n) is 8.32. The molecule has 1 aromatic rings. The van der Waals surface area contributed by atoms with Crippen LogP contribution in [0.25, 0.3) is 0 Å². The summed E-state index contributed by atoms with van der Waals surface area (Å²) < 4.78 is 51.5. The lowest BCUT2D eigenvalue weighted by molar-refractivity contribution is 0.314. The van der Waals surface area contributed by atoms with Crippen molar-refractivity contribution in [2.75, 3.05) is 12.4 Å². The molecule has 0 saturated carbocycles. The van der Waals surface area contributed by atoms with E-state index in [0.717, 1.165) is 18.2 Å². The van der Waals surface area contributed by atoms with Crippen molar-refractivity contribution in [2.45, 2.75) is 6.42 Å². The molecule has 7 heteroatoms. The summed E-state index contributed by atoms with van der Waals surface area (Å²) >= 11 is 0. The minimum Gasteiger partial charge on any atom is -0.493 e. The van der Waals surface area contributed by atoms with Gasteiger partial charge in [0.15, 0.2) is 0 Å². The largest absolute Gasteiger partial charge is 0.493 e. The van der Waals surface area contributed by atoms with Crippen molar-refractivity contribution in [3.8, 4) is 5.75 Å². The van der Waals surface area contributed by atoms with E-state index in [1.54, 1.807) is 0 Å². The van der Waals surface area contributed by atoms with Crippen LogP contribution >= 0.6 is 0 Å². The summed E-state index contributed by atoms with van der Waals surface area (Å²) in [6.45, 7) is 0.0271. The molecule has 2 N–H and O–H groups in total.